The van der Waals surface area contributed by atoms with Crippen molar-refractivity contribution in [2.45, 2.75) is 44.1 Å². The molecular weight excluding hydrogens is 452 g/mol. The first kappa shape index (κ1) is 23.2. The van der Waals surface area contributed by atoms with Crippen LogP contribution in [0.15, 0.2) is 41.3 Å². The van der Waals surface area contributed by atoms with E-state index in [1.54, 1.807) is 30.0 Å². The predicted molar refractivity (Wildman–Crippen MR) is 128 cm³/mol. The number of carbonyl (C=O) groups excluding carboxylic acids is 1. The first-order chi connectivity index (χ1) is 17.0. The van der Waals surface area contributed by atoms with Gasteiger partial charge in [-0.05, 0) is 31.0 Å². The Morgan fingerprint density at radius 2 is 2.17 bits per heavy atom. The Morgan fingerprint density at radius 1 is 1.29 bits per heavy atom. The van der Waals surface area contributed by atoms with Crippen molar-refractivity contribution in [2.75, 3.05) is 25.6 Å². The Kier molecular flexibility index (Phi) is 6.62. The maximum Gasteiger partial charge on any atom is 0.263 e. The molecular formula is C24H28N6O5. The number of pyridine rings is 3. The lowest BCUT2D eigenvalue weighted by Crippen LogP contribution is -2.48. The van der Waals surface area contributed by atoms with Gasteiger partial charge in [0.1, 0.15) is 5.75 Å². The van der Waals surface area contributed by atoms with Gasteiger partial charge in [0, 0.05) is 37.3 Å². The van der Waals surface area contributed by atoms with E-state index < -0.39 is 0 Å². The number of nitrogens with one attached hydrogen (secondary N) is 2. The zero-order chi connectivity index (χ0) is 24.4. The van der Waals surface area contributed by atoms with Gasteiger partial charge in [-0.3, -0.25) is 14.6 Å². The fourth-order valence-corrected chi connectivity index (χ4v) is 4.40. The Hall–Kier alpha value is -3.54. The third-order valence-electron chi connectivity index (χ3n) is 6.33. The van der Waals surface area contributed by atoms with Gasteiger partial charge in [-0.15, -0.1) is 0 Å². The van der Waals surface area contributed by atoms with E-state index in [2.05, 4.69) is 20.6 Å². The molecule has 5 rings (SSSR count). The molecule has 11 nitrogen and oxygen atoms in total. The predicted octanol–water partition coefficient (Wildman–Crippen LogP) is 0.796. The van der Waals surface area contributed by atoms with E-state index >= 15 is 0 Å². The summed E-state index contributed by atoms with van der Waals surface area (Å²) in [5, 5.41) is 6.17. The van der Waals surface area contributed by atoms with Crippen LogP contribution in [0.2, 0.25) is 0 Å². The molecule has 0 bridgehead atoms. The summed E-state index contributed by atoms with van der Waals surface area (Å²) >= 11 is 0. The smallest absolute Gasteiger partial charge is 0.263 e. The molecule has 3 aromatic rings. The number of nitrogens with two attached hydrogens (primary N) is 1. The molecule has 1 amide bonds. The van der Waals surface area contributed by atoms with Crippen LogP contribution in [0.1, 0.15) is 18.5 Å². The van der Waals surface area contributed by atoms with E-state index in [9.17, 15) is 9.59 Å². The van der Waals surface area contributed by atoms with Crippen molar-refractivity contribution in [3.8, 4) is 11.5 Å². The van der Waals surface area contributed by atoms with E-state index in [-0.39, 0.29) is 36.3 Å². The van der Waals surface area contributed by atoms with Gasteiger partial charge >= 0.3 is 0 Å². The molecule has 0 unspecified atom stereocenters. The Bertz CT molecular complexity index is 1290. The van der Waals surface area contributed by atoms with Crippen LogP contribution < -0.4 is 31.4 Å². The van der Waals surface area contributed by atoms with Crippen LogP contribution in [-0.4, -0.2) is 59.0 Å². The van der Waals surface area contributed by atoms with Gasteiger partial charge in [-0.1, -0.05) is 0 Å². The minimum atomic E-state index is -0.351. The summed E-state index contributed by atoms with van der Waals surface area (Å²) in [4.78, 5) is 32.9. The van der Waals surface area contributed by atoms with Crippen molar-refractivity contribution in [1.29, 1.82) is 0 Å². The van der Waals surface area contributed by atoms with Crippen molar-refractivity contribution in [2.24, 2.45) is 5.73 Å². The third-order valence-corrected chi connectivity index (χ3v) is 6.33. The molecule has 35 heavy (non-hydrogen) atoms. The number of rotatable bonds is 7. The highest BCUT2D eigenvalue weighted by molar-refractivity contribution is 5.94. The summed E-state index contributed by atoms with van der Waals surface area (Å²) in [5.41, 5.74) is 8.53. The second-order valence-electron chi connectivity index (χ2n) is 8.74. The monoisotopic (exact) mass is 480 g/mol. The van der Waals surface area contributed by atoms with Gasteiger partial charge in [-0.2, -0.15) is 0 Å². The van der Waals surface area contributed by atoms with Crippen LogP contribution in [0.5, 0.6) is 11.5 Å². The summed E-state index contributed by atoms with van der Waals surface area (Å²) < 4.78 is 18.3. The molecule has 11 heteroatoms. The van der Waals surface area contributed by atoms with E-state index in [0.717, 1.165) is 18.5 Å². The number of hydrogen-bond acceptors (Lipinski definition) is 9. The summed E-state index contributed by atoms with van der Waals surface area (Å²) in [6, 6.07) is 8.48. The van der Waals surface area contributed by atoms with Gasteiger partial charge in [0.25, 0.3) is 11.5 Å². The highest BCUT2D eigenvalue weighted by Gasteiger charge is 2.27. The molecule has 5 heterocycles. The van der Waals surface area contributed by atoms with E-state index in [1.807, 2.05) is 12.1 Å². The largest absolute Gasteiger partial charge is 0.495 e. The number of ether oxygens (including phenoxy) is 3. The van der Waals surface area contributed by atoms with Crippen molar-refractivity contribution >= 4 is 22.8 Å². The standard InChI is InChI=1S/C24H28N6O5/c1-33-16-8-19-18(27-10-16)4-7-23(32)30(19)11-17(25)20-5-3-15(12-34-20)26-9-14-2-6-21-24(28-14)29-22(31)13-35-21/h2,4,6-8,10,15,17,20,26H,3,5,9,11-13,25H2,1H3,(H,28,29,31)/t15-,17+,20+/m1/s1. The normalized spacial score (nSPS) is 20.6. The molecule has 3 aromatic heterocycles. The number of methoxy groups -OCH3 is 1. The fourth-order valence-electron chi connectivity index (χ4n) is 4.40. The maximum atomic E-state index is 12.6. The topological polar surface area (TPSA) is 143 Å². The minimum Gasteiger partial charge on any atom is -0.495 e. The Labute approximate surface area is 201 Å². The molecule has 1 saturated heterocycles. The van der Waals surface area contributed by atoms with Crippen LogP contribution in [0.4, 0.5) is 5.82 Å². The second kappa shape index (κ2) is 9.98. The van der Waals surface area contributed by atoms with Crippen LogP contribution in [-0.2, 0) is 22.6 Å². The average molecular weight is 481 g/mol. The van der Waals surface area contributed by atoms with Crippen molar-refractivity contribution in [3.05, 3.63) is 52.6 Å². The first-order valence-corrected chi connectivity index (χ1v) is 11.6. The first-order valence-electron chi connectivity index (χ1n) is 11.6. The number of aromatic nitrogens is 3. The van der Waals surface area contributed by atoms with Crippen LogP contribution >= 0.6 is 0 Å². The summed E-state index contributed by atoms with van der Waals surface area (Å²) in [6.45, 7) is 1.37. The lowest BCUT2D eigenvalue weighted by atomic mass is 9.99. The molecule has 2 aliphatic rings. The molecule has 0 aromatic carbocycles. The van der Waals surface area contributed by atoms with Crippen LogP contribution in [0.3, 0.4) is 0 Å². The van der Waals surface area contributed by atoms with Gasteiger partial charge in [-0.25, -0.2) is 4.98 Å². The zero-order valence-corrected chi connectivity index (χ0v) is 19.4. The maximum absolute atomic E-state index is 12.6. The molecule has 4 N–H and O–H groups in total. The second-order valence-corrected chi connectivity index (χ2v) is 8.74. The van der Waals surface area contributed by atoms with Crippen molar-refractivity contribution in [1.82, 2.24) is 19.9 Å². The summed E-state index contributed by atoms with van der Waals surface area (Å²) in [6.07, 6.45) is 3.10. The minimum absolute atomic E-state index is 0.00913. The Morgan fingerprint density at radius 3 is 2.97 bits per heavy atom. The zero-order valence-electron chi connectivity index (χ0n) is 19.4. The molecule has 0 saturated carbocycles. The van der Waals surface area contributed by atoms with Gasteiger partial charge in [0.15, 0.2) is 18.2 Å². The van der Waals surface area contributed by atoms with Crippen molar-refractivity contribution < 1.29 is 19.0 Å². The summed E-state index contributed by atoms with van der Waals surface area (Å²) in [7, 11) is 1.56. The van der Waals surface area contributed by atoms with Crippen LogP contribution in [0, 0.1) is 0 Å². The molecule has 0 spiro atoms. The van der Waals surface area contributed by atoms with Gasteiger partial charge in [0.05, 0.1) is 42.7 Å². The quantitative estimate of drug-likeness (QED) is 0.447. The molecule has 0 aliphatic carbocycles. The molecule has 3 atom stereocenters. The number of fused-ring (bicyclic) bond motifs is 2. The highest BCUT2D eigenvalue weighted by Crippen LogP contribution is 2.25. The van der Waals surface area contributed by atoms with Gasteiger partial charge in [0.2, 0.25) is 0 Å². The highest BCUT2D eigenvalue weighted by atomic mass is 16.5. The number of anilines is 1. The van der Waals surface area contributed by atoms with E-state index in [0.29, 0.717) is 48.0 Å². The SMILES string of the molecule is COc1cnc2ccc(=O)n(C[C@H](N)[C@@H]3CC[C@@H](NCc4ccc5c(n4)NC(=O)CO5)CO3)c2c1. The molecule has 184 valence electrons. The lowest BCUT2D eigenvalue weighted by molar-refractivity contribution is -0.118. The molecule has 2 aliphatic heterocycles. The van der Waals surface area contributed by atoms with E-state index in [4.69, 9.17) is 19.9 Å². The number of carbonyl (C=O) groups is 1. The molecule has 0 radical (unpaired) electrons. The van der Waals surface area contributed by atoms with Crippen LogP contribution in [0.25, 0.3) is 11.0 Å². The van der Waals surface area contributed by atoms with Gasteiger partial charge < -0.3 is 35.1 Å². The Balaban J connectivity index is 1.17. The van der Waals surface area contributed by atoms with Crippen molar-refractivity contribution in [3.63, 3.8) is 0 Å². The average Bonchev–Trinajstić information content (AvgIpc) is 2.88. The van der Waals surface area contributed by atoms with E-state index in [1.165, 1.54) is 6.07 Å². The molecule has 1 fully saturated rings. The lowest BCUT2D eigenvalue weighted by Gasteiger charge is -2.33. The number of nitrogens with zero attached hydrogens (tertiary/aromatic N) is 3. The number of amides is 1. The summed E-state index contributed by atoms with van der Waals surface area (Å²) in [5.74, 6) is 1.39. The fraction of sp³-hybridized carbons (Fsp3) is 0.417. The third kappa shape index (κ3) is 5.11. The number of hydrogen-bond donors (Lipinski definition) is 3.